The van der Waals surface area contributed by atoms with Gasteiger partial charge in [0.2, 0.25) is 0 Å². The number of hydrogen-bond acceptors (Lipinski definition) is 8. The Morgan fingerprint density at radius 3 is 2.32 bits per heavy atom. The maximum absolute atomic E-state index is 12.2. The molecule has 11 nitrogen and oxygen atoms in total. The number of hydrogen-bond donors (Lipinski definition) is 4. The SMILES string of the molecule is COCCN(CCOC)C(=O)C(N)=N/C=N/[C@@H]1O[C@H](CO)C(O)[C@@H]1O. The van der Waals surface area contributed by atoms with Gasteiger partial charge in [0.05, 0.1) is 19.8 Å². The third-order valence-corrected chi connectivity index (χ3v) is 3.56. The molecule has 1 amide bonds. The van der Waals surface area contributed by atoms with Crippen molar-refractivity contribution < 1.29 is 34.3 Å². The first kappa shape index (κ1) is 21.4. The van der Waals surface area contributed by atoms with Gasteiger partial charge in [-0.2, -0.15) is 0 Å². The third-order valence-electron chi connectivity index (χ3n) is 3.56. The number of aliphatic hydroxyl groups is 3. The highest BCUT2D eigenvalue weighted by atomic mass is 16.6. The number of methoxy groups -OCH3 is 2. The van der Waals surface area contributed by atoms with Crippen molar-refractivity contribution in [2.24, 2.45) is 15.7 Å². The molecule has 1 fully saturated rings. The smallest absolute Gasteiger partial charge is 0.289 e. The van der Waals surface area contributed by atoms with Crippen LogP contribution in [-0.4, -0.2) is 110 Å². The van der Waals surface area contributed by atoms with Gasteiger partial charge in [0, 0.05) is 27.3 Å². The Balaban J connectivity index is 2.66. The highest BCUT2D eigenvalue weighted by molar-refractivity contribution is 6.38. The molecule has 0 bridgehead atoms. The van der Waals surface area contributed by atoms with Gasteiger partial charge in [0.25, 0.3) is 5.91 Å². The summed E-state index contributed by atoms with van der Waals surface area (Å²) in [7, 11) is 3.04. The van der Waals surface area contributed by atoms with E-state index < -0.39 is 37.1 Å². The van der Waals surface area contributed by atoms with E-state index in [2.05, 4.69) is 9.98 Å². The summed E-state index contributed by atoms with van der Waals surface area (Å²) in [5.41, 5.74) is 5.65. The molecule has 4 atom stereocenters. The van der Waals surface area contributed by atoms with Crippen molar-refractivity contribution in [3.05, 3.63) is 0 Å². The second-order valence-corrected chi connectivity index (χ2v) is 5.29. The molecule has 0 radical (unpaired) electrons. The topological polar surface area (TPSA) is 159 Å². The van der Waals surface area contributed by atoms with Crippen LogP contribution >= 0.6 is 0 Å². The Bertz CT molecular complexity index is 466. The van der Waals surface area contributed by atoms with Crippen LogP contribution in [0.1, 0.15) is 0 Å². The number of aliphatic imine (C=N–C) groups is 2. The number of nitrogens with zero attached hydrogens (tertiary/aromatic N) is 3. The van der Waals surface area contributed by atoms with E-state index in [1.807, 2.05) is 0 Å². The standard InChI is InChI=1S/C14H26N4O7/c1-23-5-3-18(4-6-24-2)14(22)12(15)16-8-17-13-11(21)10(20)9(7-19)25-13/h8-11,13,19-21H,3-7H2,1-2H3,(H2,15,16,17)/t9-,10?,11+,13-/m1/s1. The molecule has 1 unspecified atom stereocenters. The largest absolute Gasteiger partial charge is 0.394 e. The van der Waals surface area contributed by atoms with Crippen LogP contribution in [0.15, 0.2) is 9.98 Å². The molecule has 5 N–H and O–H groups in total. The zero-order chi connectivity index (χ0) is 18.8. The van der Waals surface area contributed by atoms with E-state index in [-0.39, 0.29) is 5.84 Å². The van der Waals surface area contributed by atoms with Gasteiger partial charge in [0.1, 0.15) is 24.7 Å². The number of carbonyl (C=O) groups excluding carboxylic acids is 1. The summed E-state index contributed by atoms with van der Waals surface area (Å²) in [6.07, 6.45) is -3.62. The summed E-state index contributed by atoms with van der Waals surface area (Å²) in [5, 5.41) is 28.3. The Morgan fingerprint density at radius 2 is 1.84 bits per heavy atom. The molecule has 0 spiro atoms. The first-order valence-electron chi connectivity index (χ1n) is 7.70. The maximum atomic E-state index is 12.2. The average Bonchev–Trinajstić information content (AvgIpc) is 2.89. The van der Waals surface area contributed by atoms with E-state index in [9.17, 15) is 15.0 Å². The molecule has 25 heavy (non-hydrogen) atoms. The van der Waals surface area contributed by atoms with E-state index in [4.69, 9.17) is 25.1 Å². The van der Waals surface area contributed by atoms with Crippen molar-refractivity contribution in [2.75, 3.05) is 47.1 Å². The summed E-state index contributed by atoms with van der Waals surface area (Å²) in [6, 6.07) is 0. The van der Waals surface area contributed by atoms with Crippen molar-refractivity contribution in [3.8, 4) is 0 Å². The van der Waals surface area contributed by atoms with Crippen LogP contribution in [0.25, 0.3) is 0 Å². The number of ether oxygens (including phenoxy) is 3. The van der Waals surface area contributed by atoms with E-state index in [0.29, 0.717) is 26.3 Å². The molecule has 0 aliphatic carbocycles. The molecule has 1 heterocycles. The first-order valence-corrected chi connectivity index (χ1v) is 7.70. The fourth-order valence-electron chi connectivity index (χ4n) is 2.10. The van der Waals surface area contributed by atoms with Gasteiger partial charge in [-0.25, -0.2) is 9.98 Å². The number of nitrogens with two attached hydrogens (primary N) is 1. The first-order chi connectivity index (χ1) is 12.0. The van der Waals surface area contributed by atoms with Crippen molar-refractivity contribution in [1.82, 2.24) is 4.90 Å². The third kappa shape index (κ3) is 6.30. The fraction of sp³-hybridized carbons (Fsp3) is 0.786. The van der Waals surface area contributed by atoms with Crippen LogP contribution in [0.2, 0.25) is 0 Å². The van der Waals surface area contributed by atoms with E-state index >= 15 is 0 Å². The number of amides is 1. The van der Waals surface area contributed by atoms with Gasteiger partial charge in [0.15, 0.2) is 12.1 Å². The van der Waals surface area contributed by atoms with E-state index in [0.717, 1.165) is 6.34 Å². The van der Waals surface area contributed by atoms with Crippen LogP contribution < -0.4 is 5.73 Å². The maximum Gasteiger partial charge on any atom is 0.289 e. The highest BCUT2D eigenvalue weighted by Crippen LogP contribution is 2.21. The van der Waals surface area contributed by atoms with Crippen LogP contribution in [0.3, 0.4) is 0 Å². The minimum atomic E-state index is -1.31. The summed E-state index contributed by atoms with van der Waals surface area (Å²) >= 11 is 0. The molecule has 1 rings (SSSR count). The molecular weight excluding hydrogens is 336 g/mol. The second kappa shape index (κ2) is 11.1. The predicted octanol–water partition coefficient (Wildman–Crippen LogP) is -3.07. The van der Waals surface area contributed by atoms with Crippen LogP contribution in [-0.2, 0) is 19.0 Å². The molecule has 0 aromatic carbocycles. The summed E-state index contributed by atoms with van der Waals surface area (Å²) < 4.78 is 15.0. The van der Waals surface area contributed by atoms with Crippen LogP contribution in [0.4, 0.5) is 0 Å². The molecule has 0 aromatic rings. The molecule has 1 saturated heterocycles. The van der Waals surface area contributed by atoms with Gasteiger partial charge in [-0.05, 0) is 0 Å². The number of rotatable bonds is 9. The second-order valence-electron chi connectivity index (χ2n) is 5.29. The van der Waals surface area contributed by atoms with Crippen molar-refractivity contribution in [1.29, 1.82) is 0 Å². The Labute approximate surface area is 145 Å². The quantitative estimate of drug-likeness (QED) is 0.248. The van der Waals surface area contributed by atoms with Gasteiger partial charge < -0.3 is 40.2 Å². The highest BCUT2D eigenvalue weighted by Gasteiger charge is 2.42. The van der Waals surface area contributed by atoms with Gasteiger partial charge in [-0.15, -0.1) is 0 Å². The fourth-order valence-corrected chi connectivity index (χ4v) is 2.10. The Hall–Kier alpha value is -1.63. The number of aliphatic hydroxyl groups excluding tert-OH is 3. The lowest BCUT2D eigenvalue weighted by Crippen LogP contribution is -2.43. The lowest BCUT2D eigenvalue weighted by atomic mass is 10.1. The Morgan fingerprint density at radius 1 is 1.24 bits per heavy atom. The lowest BCUT2D eigenvalue weighted by molar-refractivity contribution is -0.125. The molecule has 0 aromatic heterocycles. The van der Waals surface area contributed by atoms with Crippen molar-refractivity contribution >= 4 is 18.1 Å². The minimum Gasteiger partial charge on any atom is -0.394 e. The zero-order valence-electron chi connectivity index (χ0n) is 14.3. The molecular formula is C14H26N4O7. The van der Waals surface area contributed by atoms with Gasteiger partial charge in [-0.1, -0.05) is 0 Å². The summed E-state index contributed by atoms with van der Waals surface area (Å²) in [6.45, 7) is 0.850. The zero-order valence-corrected chi connectivity index (χ0v) is 14.3. The predicted molar refractivity (Wildman–Crippen MR) is 88.2 cm³/mol. The minimum absolute atomic E-state index is 0.303. The van der Waals surface area contributed by atoms with Gasteiger partial charge in [-0.3, -0.25) is 4.79 Å². The van der Waals surface area contributed by atoms with Crippen molar-refractivity contribution in [3.63, 3.8) is 0 Å². The van der Waals surface area contributed by atoms with Gasteiger partial charge >= 0.3 is 0 Å². The van der Waals surface area contributed by atoms with E-state index in [1.54, 1.807) is 0 Å². The summed E-state index contributed by atoms with van der Waals surface area (Å²) in [4.78, 5) is 21.2. The van der Waals surface area contributed by atoms with E-state index in [1.165, 1.54) is 19.1 Å². The summed E-state index contributed by atoms with van der Waals surface area (Å²) in [5.74, 6) is -0.815. The van der Waals surface area contributed by atoms with Crippen LogP contribution in [0.5, 0.6) is 0 Å². The molecule has 11 heteroatoms. The molecule has 1 aliphatic rings. The molecule has 144 valence electrons. The van der Waals surface area contributed by atoms with Crippen LogP contribution in [0, 0.1) is 0 Å². The Kier molecular flexibility index (Phi) is 9.49. The number of carbonyl (C=O) groups is 1. The lowest BCUT2D eigenvalue weighted by Gasteiger charge is -2.21. The molecule has 0 saturated carbocycles. The molecule has 1 aliphatic heterocycles. The number of amidine groups is 1. The van der Waals surface area contributed by atoms with Crippen molar-refractivity contribution in [2.45, 2.75) is 24.5 Å². The average molecular weight is 362 g/mol. The normalized spacial score (nSPS) is 27.2. The monoisotopic (exact) mass is 362 g/mol.